The van der Waals surface area contributed by atoms with Crippen molar-refractivity contribution in [2.45, 2.75) is 64.4 Å². The van der Waals surface area contributed by atoms with Crippen LogP contribution in [0, 0.1) is 0 Å². The number of carbonyl (C=O) groups excluding carboxylic acids is 1. The van der Waals surface area contributed by atoms with Crippen LogP contribution in [0.25, 0.3) is 0 Å². The Hall–Kier alpha value is -1.65. The quantitative estimate of drug-likeness (QED) is 0.263. The number of hydrogen-bond acceptors (Lipinski definition) is 4. The average molecular weight is 350 g/mol. The zero-order chi connectivity index (χ0) is 18.6. The number of aliphatic hydroxyl groups is 2. The van der Waals surface area contributed by atoms with Crippen molar-refractivity contribution in [3.05, 3.63) is 48.6 Å². The van der Waals surface area contributed by atoms with Gasteiger partial charge in [-0.1, -0.05) is 55.5 Å². The maximum atomic E-state index is 11.3. The fraction of sp³-hybridized carbons (Fsp3) is 0.571. The van der Waals surface area contributed by atoms with Crippen LogP contribution in [0.3, 0.4) is 0 Å². The van der Waals surface area contributed by atoms with Crippen LogP contribution in [0.15, 0.2) is 48.6 Å². The summed E-state index contributed by atoms with van der Waals surface area (Å²) in [5, 5.41) is 17.7. The summed E-state index contributed by atoms with van der Waals surface area (Å²) in [6.45, 7) is 1.61. The Morgan fingerprint density at radius 1 is 0.920 bits per heavy atom. The molecule has 0 rings (SSSR count). The second kappa shape index (κ2) is 18.7. The van der Waals surface area contributed by atoms with Gasteiger partial charge >= 0.3 is 5.97 Å². The van der Waals surface area contributed by atoms with E-state index in [9.17, 15) is 4.79 Å². The lowest BCUT2D eigenvalue weighted by Gasteiger charge is -2.07. The smallest absolute Gasteiger partial charge is 0.305 e. The maximum absolute atomic E-state index is 11.3. The number of hydrogen-bond donors (Lipinski definition) is 2. The number of unbranched alkanes of at least 4 members (excludes halogenated alkanes) is 2. The molecule has 0 saturated heterocycles. The van der Waals surface area contributed by atoms with Gasteiger partial charge in [-0.3, -0.25) is 4.79 Å². The molecule has 0 saturated carbocycles. The maximum Gasteiger partial charge on any atom is 0.305 e. The molecule has 4 nitrogen and oxygen atoms in total. The fourth-order valence-electron chi connectivity index (χ4n) is 1.94. The SMILES string of the molecule is CC/C=C\C/C=C\C/C=C\C/C=C\CCCCC(=O)OCC(O)CO. The van der Waals surface area contributed by atoms with Crippen LogP contribution in [0.5, 0.6) is 0 Å². The van der Waals surface area contributed by atoms with Gasteiger partial charge in [-0.25, -0.2) is 0 Å². The van der Waals surface area contributed by atoms with Crippen LogP contribution >= 0.6 is 0 Å². The summed E-state index contributed by atoms with van der Waals surface area (Å²) in [6.07, 6.45) is 23.4. The first kappa shape index (κ1) is 23.4. The molecule has 1 atom stereocenters. The first-order chi connectivity index (χ1) is 12.2. The van der Waals surface area contributed by atoms with Gasteiger partial charge in [-0.2, -0.15) is 0 Å². The molecule has 0 spiro atoms. The van der Waals surface area contributed by atoms with E-state index in [2.05, 4.69) is 55.5 Å². The summed E-state index contributed by atoms with van der Waals surface area (Å²) in [7, 11) is 0. The first-order valence-corrected chi connectivity index (χ1v) is 9.25. The largest absolute Gasteiger partial charge is 0.463 e. The summed E-state index contributed by atoms with van der Waals surface area (Å²) >= 11 is 0. The number of allylic oxidation sites excluding steroid dienone is 8. The van der Waals surface area contributed by atoms with Gasteiger partial charge in [0.1, 0.15) is 12.7 Å². The topological polar surface area (TPSA) is 66.8 Å². The van der Waals surface area contributed by atoms with Crippen LogP contribution in [0.2, 0.25) is 0 Å². The molecule has 0 heterocycles. The molecule has 0 aromatic carbocycles. The minimum Gasteiger partial charge on any atom is -0.463 e. The lowest BCUT2D eigenvalue weighted by atomic mass is 10.2. The molecule has 0 bridgehead atoms. The van der Waals surface area contributed by atoms with Crippen LogP contribution in [-0.4, -0.2) is 35.5 Å². The Balaban J connectivity index is 3.47. The molecule has 25 heavy (non-hydrogen) atoms. The molecule has 0 aromatic heterocycles. The molecular weight excluding hydrogens is 316 g/mol. The summed E-state index contributed by atoms with van der Waals surface area (Å²) in [4.78, 5) is 11.3. The highest BCUT2D eigenvalue weighted by Gasteiger charge is 2.06. The van der Waals surface area contributed by atoms with E-state index in [4.69, 9.17) is 14.9 Å². The Bertz CT molecular complexity index is 422. The Labute approximate surface area is 152 Å². The van der Waals surface area contributed by atoms with Crippen molar-refractivity contribution in [1.29, 1.82) is 0 Å². The number of carbonyl (C=O) groups is 1. The second-order valence-electron chi connectivity index (χ2n) is 5.77. The van der Waals surface area contributed by atoms with E-state index in [1.54, 1.807) is 0 Å². The van der Waals surface area contributed by atoms with E-state index >= 15 is 0 Å². The van der Waals surface area contributed by atoms with E-state index in [0.29, 0.717) is 6.42 Å². The van der Waals surface area contributed by atoms with Crippen molar-refractivity contribution in [3.8, 4) is 0 Å². The predicted molar refractivity (Wildman–Crippen MR) is 103 cm³/mol. The van der Waals surface area contributed by atoms with Crippen molar-refractivity contribution >= 4 is 5.97 Å². The zero-order valence-electron chi connectivity index (χ0n) is 15.5. The van der Waals surface area contributed by atoms with Crippen molar-refractivity contribution in [2.75, 3.05) is 13.2 Å². The van der Waals surface area contributed by atoms with E-state index < -0.39 is 6.10 Å². The summed E-state index contributed by atoms with van der Waals surface area (Å²) in [6, 6.07) is 0. The zero-order valence-corrected chi connectivity index (χ0v) is 15.5. The minimum atomic E-state index is -0.978. The molecule has 2 N–H and O–H groups in total. The monoisotopic (exact) mass is 350 g/mol. The Morgan fingerprint density at radius 2 is 1.48 bits per heavy atom. The van der Waals surface area contributed by atoms with E-state index in [1.165, 1.54) is 0 Å². The predicted octanol–water partition coefficient (Wildman–Crippen LogP) is 4.25. The summed E-state index contributed by atoms with van der Waals surface area (Å²) in [5.41, 5.74) is 0. The van der Waals surface area contributed by atoms with Gasteiger partial charge in [-0.15, -0.1) is 0 Å². The molecule has 4 heteroatoms. The number of aliphatic hydroxyl groups excluding tert-OH is 2. The van der Waals surface area contributed by atoms with Gasteiger partial charge in [0.2, 0.25) is 0 Å². The van der Waals surface area contributed by atoms with E-state index in [-0.39, 0.29) is 19.2 Å². The van der Waals surface area contributed by atoms with Gasteiger partial charge < -0.3 is 14.9 Å². The molecule has 0 aliphatic carbocycles. The van der Waals surface area contributed by atoms with Crippen LogP contribution in [0.1, 0.15) is 58.3 Å². The molecule has 0 aromatic rings. The molecular formula is C21H34O4. The third-order valence-electron chi connectivity index (χ3n) is 3.37. The third-order valence-corrected chi connectivity index (χ3v) is 3.37. The van der Waals surface area contributed by atoms with E-state index in [1.807, 2.05) is 0 Å². The Morgan fingerprint density at radius 3 is 2.04 bits per heavy atom. The molecule has 0 fully saturated rings. The van der Waals surface area contributed by atoms with Crippen molar-refractivity contribution in [3.63, 3.8) is 0 Å². The highest BCUT2D eigenvalue weighted by Crippen LogP contribution is 2.03. The molecule has 142 valence electrons. The Kier molecular flexibility index (Phi) is 17.5. The second-order valence-corrected chi connectivity index (χ2v) is 5.77. The normalized spacial score (nSPS) is 13.6. The lowest BCUT2D eigenvalue weighted by molar-refractivity contribution is -0.147. The van der Waals surface area contributed by atoms with Gasteiger partial charge in [0.05, 0.1) is 6.61 Å². The molecule has 0 aliphatic rings. The number of rotatable bonds is 15. The first-order valence-electron chi connectivity index (χ1n) is 9.25. The average Bonchev–Trinajstić information content (AvgIpc) is 2.62. The molecule has 0 aliphatic heterocycles. The molecule has 0 amide bonds. The summed E-state index contributed by atoms with van der Waals surface area (Å²) in [5.74, 6) is -0.322. The van der Waals surface area contributed by atoms with Gasteiger partial charge in [0.25, 0.3) is 0 Å². The van der Waals surface area contributed by atoms with Crippen molar-refractivity contribution < 1.29 is 19.7 Å². The standard InChI is InChI=1S/C21H34O4/c1-2-3-4-5-6-7-8-9-10-11-12-13-14-15-16-17-21(24)25-19-20(23)18-22/h3-4,6-7,9-10,12-13,20,22-23H,2,5,8,11,14-19H2,1H3/b4-3-,7-6-,10-9-,13-12-. The third kappa shape index (κ3) is 18.5. The summed E-state index contributed by atoms with van der Waals surface area (Å²) < 4.78 is 4.83. The number of esters is 1. The van der Waals surface area contributed by atoms with Gasteiger partial charge in [0, 0.05) is 6.42 Å². The highest BCUT2D eigenvalue weighted by molar-refractivity contribution is 5.69. The van der Waals surface area contributed by atoms with Gasteiger partial charge in [0.15, 0.2) is 0 Å². The minimum absolute atomic E-state index is 0.133. The van der Waals surface area contributed by atoms with Crippen LogP contribution in [0.4, 0.5) is 0 Å². The van der Waals surface area contributed by atoms with Crippen molar-refractivity contribution in [2.24, 2.45) is 0 Å². The van der Waals surface area contributed by atoms with Gasteiger partial charge in [-0.05, 0) is 44.9 Å². The fourth-order valence-corrected chi connectivity index (χ4v) is 1.94. The lowest BCUT2D eigenvalue weighted by Crippen LogP contribution is -2.21. The molecule has 1 unspecified atom stereocenters. The van der Waals surface area contributed by atoms with Crippen molar-refractivity contribution in [1.82, 2.24) is 0 Å². The van der Waals surface area contributed by atoms with Crippen LogP contribution < -0.4 is 0 Å². The number of ether oxygens (including phenoxy) is 1. The highest BCUT2D eigenvalue weighted by atomic mass is 16.5. The molecule has 0 radical (unpaired) electrons. The van der Waals surface area contributed by atoms with Crippen LogP contribution in [-0.2, 0) is 9.53 Å². The van der Waals surface area contributed by atoms with E-state index in [0.717, 1.165) is 44.9 Å².